The molecular formula is C10H20N2O2S. The Morgan fingerprint density at radius 3 is 2.33 bits per heavy atom. The number of nitrogens with zero attached hydrogens (tertiary/aromatic N) is 1. The molecule has 0 spiro atoms. The summed E-state index contributed by atoms with van der Waals surface area (Å²) in [5, 5.41) is 0. The van der Waals surface area contributed by atoms with E-state index < -0.39 is 11.0 Å². The van der Waals surface area contributed by atoms with Crippen molar-refractivity contribution in [2.75, 3.05) is 13.3 Å². The van der Waals surface area contributed by atoms with E-state index in [4.69, 9.17) is 5.73 Å². The van der Waals surface area contributed by atoms with Crippen LogP contribution in [0.15, 0.2) is 0 Å². The van der Waals surface area contributed by atoms with Crippen molar-refractivity contribution >= 4 is 16.9 Å². The smallest absolute Gasteiger partial charge is 0.217 e. The van der Waals surface area contributed by atoms with Crippen LogP contribution in [0.25, 0.3) is 0 Å². The number of hydrogen-bond acceptors (Lipinski definition) is 2. The minimum Gasteiger partial charge on any atom is -0.370 e. The van der Waals surface area contributed by atoms with Gasteiger partial charge in [-0.25, -0.2) is 8.51 Å². The Kier molecular flexibility index (Phi) is 4.73. The van der Waals surface area contributed by atoms with Crippen LogP contribution >= 0.6 is 0 Å². The van der Waals surface area contributed by atoms with Gasteiger partial charge in [0.1, 0.15) is 0 Å². The van der Waals surface area contributed by atoms with Gasteiger partial charge in [-0.2, -0.15) is 0 Å². The topological polar surface area (TPSA) is 63.4 Å². The Morgan fingerprint density at radius 2 is 1.93 bits per heavy atom. The van der Waals surface area contributed by atoms with E-state index in [0.717, 1.165) is 25.7 Å². The molecule has 0 aromatic rings. The van der Waals surface area contributed by atoms with Crippen molar-refractivity contribution in [3.63, 3.8) is 0 Å². The molecule has 0 aliphatic heterocycles. The van der Waals surface area contributed by atoms with E-state index in [9.17, 15) is 9.00 Å². The summed E-state index contributed by atoms with van der Waals surface area (Å²) in [6.45, 7) is 0. The molecule has 1 aliphatic rings. The molecular weight excluding hydrogens is 212 g/mol. The summed E-state index contributed by atoms with van der Waals surface area (Å²) in [6.07, 6.45) is 6.30. The lowest BCUT2D eigenvalue weighted by Crippen LogP contribution is -2.36. The van der Waals surface area contributed by atoms with Crippen molar-refractivity contribution in [3.05, 3.63) is 0 Å². The van der Waals surface area contributed by atoms with E-state index in [0.29, 0.717) is 18.4 Å². The maximum absolute atomic E-state index is 11.3. The van der Waals surface area contributed by atoms with Gasteiger partial charge in [0.05, 0.1) is 11.0 Å². The highest BCUT2D eigenvalue weighted by Gasteiger charge is 2.25. The molecule has 1 atom stereocenters. The molecule has 5 heteroatoms. The van der Waals surface area contributed by atoms with E-state index in [2.05, 4.69) is 0 Å². The molecule has 2 N–H and O–H groups in total. The van der Waals surface area contributed by atoms with Crippen LogP contribution in [0, 0.1) is 5.92 Å². The summed E-state index contributed by atoms with van der Waals surface area (Å²) in [6, 6.07) is 0.403. The Bertz CT molecular complexity index is 250. The minimum atomic E-state index is -0.888. The molecule has 0 aromatic heterocycles. The normalized spacial score (nSPS) is 29.0. The third-order valence-electron chi connectivity index (χ3n) is 3.23. The Hall–Kier alpha value is -0.420. The molecule has 15 heavy (non-hydrogen) atoms. The van der Waals surface area contributed by atoms with Gasteiger partial charge in [0, 0.05) is 25.8 Å². The van der Waals surface area contributed by atoms with Gasteiger partial charge in [-0.3, -0.25) is 4.79 Å². The number of carbonyl (C=O) groups is 1. The lowest BCUT2D eigenvalue weighted by atomic mass is 9.84. The van der Waals surface area contributed by atoms with Crippen molar-refractivity contribution in [1.29, 1.82) is 0 Å². The molecule has 1 saturated carbocycles. The van der Waals surface area contributed by atoms with Gasteiger partial charge >= 0.3 is 0 Å². The first-order chi connectivity index (χ1) is 7.00. The SMILES string of the molecule is CN(C1CCC(CC(N)=O)CC1)S(C)=O. The van der Waals surface area contributed by atoms with E-state index in [-0.39, 0.29) is 5.91 Å². The first kappa shape index (κ1) is 12.6. The standard InChI is InChI=1S/C10H20N2O2S/c1-12(15(2)14)9-5-3-8(4-6-9)7-10(11)13/h8-9H,3-7H2,1-2H3,(H2,11,13). The number of amides is 1. The molecule has 88 valence electrons. The molecule has 4 nitrogen and oxygen atoms in total. The van der Waals surface area contributed by atoms with Crippen LogP contribution < -0.4 is 5.73 Å². The second-order valence-electron chi connectivity index (χ2n) is 4.31. The first-order valence-electron chi connectivity index (χ1n) is 5.35. The number of hydrogen-bond donors (Lipinski definition) is 1. The fourth-order valence-electron chi connectivity index (χ4n) is 2.21. The van der Waals surface area contributed by atoms with Gasteiger partial charge in [-0.1, -0.05) is 0 Å². The Labute approximate surface area is 93.8 Å². The molecule has 0 saturated heterocycles. The molecule has 1 fully saturated rings. The van der Waals surface area contributed by atoms with E-state index in [1.54, 1.807) is 6.26 Å². The summed E-state index contributed by atoms with van der Waals surface area (Å²) in [5.41, 5.74) is 5.17. The fraction of sp³-hybridized carbons (Fsp3) is 0.900. The molecule has 1 unspecified atom stereocenters. The largest absolute Gasteiger partial charge is 0.370 e. The fourth-order valence-corrected chi connectivity index (χ4v) is 2.84. The van der Waals surface area contributed by atoms with Gasteiger partial charge in [0.25, 0.3) is 0 Å². The van der Waals surface area contributed by atoms with Crippen LogP contribution in [0.4, 0.5) is 0 Å². The molecule has 0 radical (unpaired) electrons. The highest BCUT2D eigenvalue weighted by atomic mass is 32.2. The maximum atomic E-state index is 11.3. The minimum absolute atomic E-state index is 0.203. The van der Waals surface area contributed by atoms with Crippen LogP contribution in [-0.4, -0.2) is 33.8 Å². The first-order valence-corrected chi connectivity index (χ1v) is 6.87. The zero-order valence-corrected chi connectivity index (χ0v) is 10.3. The van der Waals surface area contributed by atoms with Crippen molar-refractivity contribution in [2.45, 2.75) is 38.1 Å². The zero-order valence-electron chi connectivity index (χ0n) is 9.44. The van der Waals surface area contributed by atoms with E-state index in [1.807, 2.05) is 11.4 Å². The monoisotopic (exact) mass is 232 g/mol. The number of rotatable bonds is 4. The molecule has 1 rings (SSSR count). The summed E-state index contributed by atoms with van der Waals surface area (Å²) < 4.78 is 13.2. The highest BCUT2D eigenvalue weighted by Crippen LogP contribution is 2.29. The van der Waals surface area contributed by atoms with Crippen molar-refractivity contribution in [3.8, 4) is 0 Å². The molecule has 0 bridgehead atoms. The number of carbonyl (C=O) groups excluding carboxylic acids is 1. The molecule has 1 amide bonds. The van der Waals surface area contributed by atoms with Gasteiger partial charge in [-0.05, 0) is 31.6 Å². The Morgan fingerprint density at radius 1 is 1.40 bits per heavy atom. The van der Waals surface area contributed by atoms with Crippen molar-refractivity contribution in [2.24, 2.45) is 11.7 Å². The summed E-state index contributed by atoms with van der Waals surface area (Å²) >= 11 is 0. The summed E-state index contributed by atoms with van der Waals surface area (Å²) in [5.74, 6) is 0.239. The van der Waals surface area contributed by atoms with Crippen molar-refractivity contribution < 1.29 is 9.00 Å². The van der Waals surface area contributed by atoms with Crippen molar-refractivity contribution in [1.82, 2.24) is 4.31 Å². The third-order valence-corrected chi connectivity index (χ3v) is 4.34. The van der Waals surface area contributed by atoms with Crippen LogP contribution in [0.5, 0.6) is 0 Å². The van der Waals surface area contributed by atoms with E-state index in [1.165, 1.54) is 0 Å². The van der Waals surface area contributed by atoms with Crippen LogP contribution in [0.1, 0.15) is 32.1 Å². The quantitative estimate of drug-likeness (QED) is 0.773. The molecule has 0 aromatic carbocycles. The highest BCUT2D eigenvalue weighted by molar-refractivity contribution is 7.81. The van der Waals surface area contributed by atoms with Gasteiger partial charge < -0.3 is 5.73 Å². The average Bonchev–Trinajstić information content (AvgIpc) is 2.17. The van der Waals surface area contributed by atoms with E-state index >= 15 is 0 Å². The second-order valence-corrected chi connectivity index (χ2v) is 5.74. The lowest BCUT2D eigenvalue weighted by Gasteiger charge is -2.32. The van der Waals surface area contributed by atoms with Crippen LogP contribution in [-0.2, 0) is 15.8 Å². The van der Waals surface area contributed by atoms with Crippen LogP contribution in [0.3, 0.4) is 0 Å². The third kappa shape index (κ3) is 3.91. The summed E-state index contributed by atoms with van der Waals surface area (Å²) in [4.78, 5) is 10.8. The lowest BCUT2D eigenvalue weighted by molar-refractivity contribution is -0.119. The number of nitrogens with two attached hydrogens (primary N) is 1. The number of primary amides is 1. The zero-order chi connectivity index (χ0) is 11.4. The average molecular weight is 232 g/mol. The second kappa shape index (κ2) is 5.61. The predicted octanol–water partition coefficient (Wildman–Crippen LogP) is 0.646. The maximum Gasteiger partial charge on any atom is 0.217 e. The van der Waals surface area contributed by atoms with Gasteiger partial charge in [0.2, 0.25) is 5.91 Å². The summed E-state index contributed by atoms with van der Waals surface area (Å²) in [7, 11) is 1.01. The van der Waals surface area contributed by atoms with Crippen LogP contribution in [0.2, 0.25) is 0 Å². The predicted molar refractivity (Wildman–Crippen MR) is 61.4 cm³/mol. The van der Waals surface area contributed by atoms with Gasteiger partial charge in [-0.15, -0.1) is 0 Å². The van der Waals surface area contributed by atoms with Gasteiger partial charge in [0.15, 0.2) is 0 Å². The molecule has 1 aliphatic carbocycles. The molecule has 0 heterocycles. The Balaban J connectivity index is 2.35.